The molecule has 0 spiro atoms. The summed E-state index contributed by atoms with van der Waals surface area (Å²) in [4.78, 5) is 6.63. The number of anilines is 3. The Bertz CT molecular complexity index is 350. The molecule has 1 heterocycles. The van der Waals surface area contributed by atoms with Crippen LogP contribution in [0.2, 0.25) is 0 Å². The maximum Gasteiger partial charge on any atom is 0.149 e. The minimum atomic E-state index is 0.417. The van der Waals surface area contributed by atoms with Gasteiger partial charge in [-0.2, -0.15) is 0 Å². The maximum atomic E-state index is 5.76. The van der Waals surface area contributed by atoms with E-state index in [1.807, 2.05) is 12.1 Å². The summed E-state index contributed by atoms with van der Waals surface area (Å²) in [5, 5.41) is 0. The van der Waals surface area contributed by atoms with Gasteiger partial charge in [0.1, 0.15) is 11.6 Å². The second-order valence-electron chi connectivity index (χ2n) is 5.34. The van der Waals surface area contributed by atoms with Gasteiger partial charge < -0.3 is 16.4 Å². The van der Waals surface area contributed by atoms with E-state index in [2.05, 4.69) is 37.6 Å². The van der Waals surface area contributed by atoms with Gasteiger partial charge in [-0.15, -0.1) is 0 Å². The van der Waals surface area contributed by atoms with Crippen molar-refractivity contribution in [3.63, 3.8) is 0 Å². The van der Waals surface area contributed by atoms with E-state index >= 15 is 0 Å². The molecule has 0 bridgehead atoms. The number of hydrogen-bond donors (Lipinski definition) is 2. The van der Waals surface area contributed by atoms with Gasteiger partial charge in [0.25, 0.3) is 0 Å². The number of rotatable bonds is 5. The predicted octanol–water partition coefficient (Wildman–Crippen LogP) is 2.36. The zero-order valence-corrected chi connectivity index (χ0v) is 11.3. The first-order chi connectivity index (χ1) is 7.90. The fourth-order valence-electron chi connectivity index (χ4n) is 1.79. The Kier molecular flexibility index (Phi) is 4.61. The van der Waals surface area contributed by atoms with Crippen LogP contribution < -0.4 is 16.4 Å². The van der Waals surface area contributed by atoms with E-state index in [0.29, 0.717) is 23.3 Å². The van der Waals surface area contributed by atoms with E-state index in [9.17, 15) is 0 Å². The normalized spacial score (nSPS) is 11.2. The number of nitrogens with two attached hydrogens (primary N) is 2. The molecule has 0 amide bonds. The first kappa shape index (κ1) is 13.6. The van der Waals surface area contributed by atoms with Crippen LogP contribution in [0.15, 0.2) is 12.1 Å². The van der Waals surface area contributed by atoms with Crippen LogP contribution in [-0.4, -0.2) is 18.1 Å². The molecule has 1 rings (SSSR count). The van der Waals surface area contributed by atoms with Gasteiger partial charge in [-0.1, -0.05) is 27.7 Å². The zero-order valence-electron chi connectivity index (χ0n) is 11.3. The summed E-state index contributed by atoms with van der Waals surface area (Å²) in [6, 6.07) is 3.77. The van der Waals surface area contributed by atoms with E-state index in [1.165, 1.54) is 0 Å². The molecule has 0 saturated heterocycles. The minimum Gasteiger partial charge on any atom is -0.396 e. The summed E-state index contributed by atoms with van der Waals surface area (Å²) in [6.07, 6.45) is 0. The molecule has 0 aliphatic rings. The van der Waals surface area contributed by atoms with Crippen LogP contribution in [0, 0.1) is 11.8 Å². The lowest BCUT2D eigenvalue weighted by Crippen LogP contribution is -2.32. The van der Waals surface area contributed by atoms with Crippen molar-refractivity contribution in [2.45, 2.75) is 27.7 Å². The van der Waals surface area contributed by atoms with Crippen molar-refractivity contribution >= 4 is 17.3 Å². The molecule has 0 saturated carbocycles. The fourth-order valence-corrected chi connectivity index (χ4v) is 1.79. The lowest BCUT2D eigenvalue weighted by atomic mass is 10.1. The van der Waals surface area contributed by atoms with Crippen LogP contribution >= 0.6 is 0 Å². The van der Waals surface area contributed by atoms with Crippen molar-refractivity contribution in [1.82, 2.24) is 4.98 Å². The first-order valence-corrected chi connectivity index (χ1v) is 6.17. The van der Waals surface area contributed by atoms with E-state index in [4.69, 9.17) is 11.5 Å². The van der Waals surface area contributed by atoms with Crippen molar-refractivity contribution in [3.05, 3.63) is 12.1 Å². The number of pyridine rings is 1. The van der Waals surface area contributed by atoms with Crippen LogP contribution in [0.1, 0.15) is 27.7 Å². The van der Waals surface area contributed by atoms with E-state index in [1.54, 1.807) is 0 Å². The van der Waals surface area contributed by atoms with E-state index in [-0.39, 0.29) is 0 Å². The van der Waals surface area contributed by atoms with Gasteiger partial charge >= 0.3 is 0 Å². The van der Waals surface area contributed by atoms with Crippen molar-refractivity contribution in [2.24, 2.45) is 11.8 Å². The Morgan fingerprint density at radius 3 is 2.00 bits per heavy atom. The molecule has 0 radical (unpaired) electrons. The Morgan fingerprint density at radius 1 is 1.06 bits per heavy atom. The largest absolute Gasteiger partial charge is 0.396 e. The summed E-state index contributed by atoms with van der Waals surface area (Å²) in [5.74, 6) is 2.52. The first-order valence-electron chi connectivity index (χ1n) is 6.17. The molecule has 4 nitrogen and oxygen atoms in total. The summed E-state index contributed by atoms with van der Waals surface area (Å²) in [5.41, 5.74) is 12.0. The molecule has 0 unspecified atom stereocenters. The molecule has 0 fully saturated rings. The standard InChI is InChI=1S/C13H24N4/c1-9(2)7-17(8-10(3)4)12-6-5-11(14)13(15)16-12/h5-6,9-10H,7-8,14H2,1-4H3,(H2,15,16). The molecule has 17 heavy (non-hydrogen) atoms. The Hall–Kier alpha value is -1.45. The highest BCUT2D eigenvalue weighted by molar-refractivity contribution is 5.62. The minimum absolute atomic E-state index is 0.417. The summed E-state index contributed by atoms with van der Waals surface area (Å²) < 4.78 is 0. The molecule has 1 aromatic rings. The van der Waals surface area contributed by atoms with Gasteiger partial charge in [0.2, 0.25) is 0 Å². The van der Waals surface area contributed by atoms with Crippen LogP contribution in [-0.2, 0) is 0 Å². The van der Waals surface area contributed by atoms with Gasteiger partial charge in [-0.05, 0) is 24.0 Å². The quantitative estimate of drug-likeness (QED) is 0.823. The third-order valence-corrected chi connectivity index (χ3v) is 2.44. The second-order valence-corrected chi connectivity index (χ2v) is 5.34. The number of aromatic nitrogens is 1. The third-order valence-electron chi connectivity index (χ3n) is 2.44. The highest BCUT2D eigenvalue weighted by atomic mass is 15.2. The van der Waals surface area contributed by atoms with Crippen molar-refractivity contribution in [2.75, 3.05) is 29.5 Å². The van der Waals surface area contributed by atoms with Crippen molar-refractivity contribution < 1.29 is 0 Å². The highest BCUT2D eigenvalue weighted by Crippen LogP contribution is 2.20. The monoisotopic (exact) mass is 236 g/mol. The number of nitrogens with zero attached hydrogens (tertiary/aromatic N) is 2. The molecule has 0 aromatic carbocycles. The molecule has 0 aliphatic carbocycles. The van der Waals surface area contributed by atoms with Crippen LogP contribution in [0.25, 0.3) is 0 Å². The van der Waals surface area contributed by atoms with Gasteiger partial charge in [0.15, 0.2) is 0 Å². The molecule has 96 valence electrons. The van der Waals surface area contributed by atoms with Crippen molar-refractivity contribution in [3.8, 4) is 0 Å². The molecule has 1 aromatic heterocycles. The summed E-state index contributed by atoms with van der Waals surface area (Å²) in [7, 11) is 0. The predicted molar refractivity (Wildman–Crippen MR) is 75.0 cm³/mol. The third kappa shape index (κ3) is 4.13. The summed E-state index contributed by atoms with van der Waals surface area (Å²) in [6.45, 7) is 10.8. The Balaban J connectivity index is 2.91. The number of hydrogen-bond acceptors (Lipinski definition) is 4. The van der Waals surface area contributed by atoms with Gasteiger partial charge in [0.05, 0.1) is 5.69 Å². The van der Waals surface area contributed by atoms with Gasteiger partial charge in [-0.25, -0.2) is 4.98 Å². The van der Waals surface area contributed by atoms with Crippen LogP contribution in [0.5, 0.6) is 0 Å². The lowest BCUT2D eigenvalue weighted by Gasteiger charge is -2.27. The maximum absolute atomic E-state index is 5.76. The van der Waals surface area contributed by atoms with Crippen molar-refractivity contribution in [1.29, 1.82) is 0 Å². The zero-order chi connectivity index (χ0) is 13.0. The molecular formula is C13H24N4. The molecular weight excluding hydrogens is 212 g/mol. The van der Waals surface area contributed by atoms with Gasteiger partial charge in [0, 0.05) is 13.1 Å². The SMILES string of the molecule is CC(C)CN(CC(C)C)c1ccc(N)c(N)n1. The Morgan fingerprint density at radius 2 is 1.59 bits per heavy atom. The molecule has 4 heteroatoms. The van der Waals surface area contributed by atoms with E-state index < -0.39 is 0 Å². The van der Waals surface area contributed by atoms with E-state index in [0.717, 1.165) is 18.9 Å². The van der Waals surface area contributed by atoms with Crippen LogP contribution in [0.4, 0.5) is 17.3 Å². The average molecular weight is 236 g/mol. The Labute approximate surface area is 104 Å². The van der Waals surface area contributed by atoms with Gasteiger partial charge in [-0.3, -0.25) is 0 Å². The smallest absolute Gasteiger partial charge is 0.149 e. The fraction of sp³-hybridized carbons (Fsp3) is 0.615. The molecule has 4 N–H and O–H groups in total. The highest BCUT2D eigenvalue weighted by Gasteiger charge is 2.12. The lowest BCUT2D eigenvalue weighted by molar-refractivity contribution is 0.549. The number of nitrogen functional groups attached to an aromatic ring is 2. The topological polar surface area (TPSA) is 68.2 Å². The summed E-state index contributed by atoms with van der Waals surface area (Å²) >= 11 is 0. The molecule has 0 atom stereocenters. The average Bonchev–Trinajstić information content (AvgIpc) is 2.19. The van der Waals surface area contributed by atoms with Crippen LogP contribution in [0.3, 0.4) is 0 Å². The molecule has 0 aliphatic heterocycles. The second kappa shape index (κ2) is 5.75.